The third-order valence-corrected chi connectivity index (χ3v) is 6.17. The summed E-state index contributed by atoms with van der Waals surface area (Å²) in [6.07, 6.45) is -0.512. The minimum absolute atomic E-state index is 0.0366. The van der Waals surface area contributed by atoms with Crippen molar-refractivity contribution in [3.8, 4) is 11.5 Å². The highest BCUT2D eigenvalue weighted by Gasteiger charge is 2.46. The number of benzene rings is 2. The average molecular weight is 512 g/mol. The first-order chi connectivity index (χ1) is 16.3. The maximum absolute atomic E-state index is 12.4. The summed E-state index contributed by atoms with van der Waals surface area (Å²) in [5.41, 5.74) is -1.66. The molecule has 0 radical (unpaired) electrons. The van der Waals surface area contributed by atoms with E-state index in [1.807, 2.05) is 25.1 Å². The second-order valence-electron chi connectivity index (χ2n) is 7.98. The van der Waals surface area contributed by atoms with Gasteiger partial charge in [-0.25, -0.2) is 4.72 Å². The van der Waals surface area contributed by atoms with Crippen LogP contribution in [0, 0.1) is 13.8 Å². The quantitative estimate of drug-likeness (QED) is 0.453. The summed E-state index contributed by atoms with van der Waals surface area (Å²) in [4.78, 5) is 11.7. The number of nitrogens with one attached hydrogen (secondary N) is 1. The number of hydrogen-bond acceptors (Lipinski definition) is 6. The summed E-state index contributed by atoms with van der Waals surface area (Å²) in [6, 6.07) is 14.0. The highest BCUT2D eigenvalue weighted by Crippen LogP contribution is 2.24. The Balaban J connectivity index is 1.67. The molecule has 1 heterocycles. The molecule has 8 nitrogen and oxygen atoms in total. The van der Waals surface area contributed by atoms with Gasteiger partial charge in [-0.15, -0.1) is 0 Å². The lowest BCUT2D eigenvalue weighted by molar-refractivity contribution is -0.120. The molecule has 2 N–H and O–H groups in total. The normalized spacial score (nSPS) is 11.9. The number of halogens is 3. The highest BCUT2D eigenvalue weighted by atomic mass is 32.2. The summed E-state index contributed by atoms with van der Waals surface area (Å²) in [5, 5.41) is 13.8. The van der Waals surface area contributed by atoms with Crippen molar-refractivity contribution in [3.05, 3.63) is 76.6 Å². The molecule has 35 heavy (non-hydrogen) atoms. The predicted octanol–water partition coefficient (Wildman–Crippen LogP) is 3.73. The second-order valence-corrected chi connectivity index (χ2v) is 9.65. The summed E-state index contributed by atoms with van der Waals surface area (Å²) in [5.74, 6) is -0.468. The average Bonchev–Trinajstić information content (AvgIpc) is 3.11. The number of rotatable bonds is 9. The molecule has 3 aromatic rings. The van der Waals surface area contributed by atoms with Crippen LogP contribution in [0.3, 0.4) is 0 Å². The maximum Gasteiger partial charge on any atom is 0.516 e. The third-order valence-electron chi connectivity index (χ3n) is 5.06. The number of sulfonamides is 1. The van der Waals surface area contributed by atoms with E-state index >= 15 is 0 Å². The lowest BCUT2D eigenvalue weighted by atomic mass is 10.1. The summed E-state index contributed by atoms with van der Waals surface area (Å²) in [7, 11) is -5.73. The maximum atomic E-state index is 12.4. The number of aromatic hydroxyl groups is 1. The Hall–Kier alpha value is -3.54. The smallest absolute Gasteiger partial charge is 0.508 e. The number of hydrogen-bond donors (Lipinski definition) is 2. The Morgan fingerprint density at radius 2 is 1.80 bits per heavy atom. The molecule has 2 aromatic carbocycles. The van der Waals surface area contributed by atoms with E-state index in [1.165, 1.54) is 0 Å². The fraction of sp³-hybridized carbons (Fsp3) is 0.304. The van der Waals surface area contributed by atoms with E-state index in [9.17, 15) is 31.5 Å². The Bertz CT molecular complexity index is 1300. The standard InChI is InChI=1S/C23H24F3N3O5S/c1-15-3-9-21(34-14-17-4-7-20(30)8-5-17)18(11-15)13-29-16(2)12-19(27-29)6-10-22(31)28-35(32,33)23(24,25)26/h3-5,7-9,11-12,30H,6,10,13-14H2,1-2H3,(H,28,31). The van der Waals surface area contributed by atoms with Crippen molar-refractivity contribution in [2.75, 3.05) is 0 Å². The Kier molecular flexibility index (Phi) is 7.73. The fourth-order valence-electron chi connectivity index (χ4n) is 3.25. The van der Waals surface area contributed by atoms with Crippen molar-refractivity contribution in [1.82, 2.24) is 14.5 Å². The van der Waals surface area contributed by atoms with Gasteiger partial charge < -0.3 is 9.84 Å². The summed E-state index contributed by atoms with van der Waals surface area (Å²) in [6.45, 7) is 4.35. The SMILES string of the molecule is Cc1ccc(OCc2ccc(O)cc2)c(Cn2nc(CCC(=O)NS(=O)(=O)C(F)(F)F)cc2C)c1. The molecule has 1 aromatic heterocycles. The first-order valence-corrected chi connectivity index (χ1v) is 12.0. The largest absolute Gasteiger partial charge is 0.516 e. The molecule has 188 valence electrons. The van der Waals surface area contributed by atoms with Crippen LogP contribution in [0.15, 0.2) is 48.5 Å². The van der Waals surface area contributed by atoms with E-state index in [0.29, 0.717) is 18.0 Å². The minimum atomic E-state index is -5.73. The van der Waals surface area contributed by atoms with Crippen LogP contribution in [0.2, 0.25) is 0 Å². The van der Waals surface area contributed by atoms with Crippen molar-refractivity contribution in [3.63, 3.8) is 0 Å². The van der Waals surface area contributed by atoms with Crippen LogP contribution >= 0.6 is 0 Å². The van der Waals surface area contributed by atoms with Gasteiger partial charge in [0, 0.05) is 24.1 Å². The Morgan fingerprint density at radius 1 is 1.11 bits per heavy atom. The molecule has 0 aliphatic heterocycles. The number of phenolic OH excluding ortho intramolecular Hbond substituents is 1. The van der Waals surface area contributed by atoms with Crippen LogP contribution in [0.4, 0.5) is 13.2 Å². The molecule has 0 saturated carbocycles. The Morgan fingerprint density at radius 3 is 2.46 bits per heavy atom. The van der Waals surface area contributed by atoms with Gasteiger partial charge in [-0.05, 0) is 43.7 Å². The van der Waals surface area contributed by atoms with Gasteiger partial charge in [0.15, 0.2) is 0 Å². The number of aromatic nitrogens is 2. The lowest BCUT2D eigenvalue weighted by Crippen LogP contribution is -2.40. The van der Waals surface area contributed by atoms with E-state index in [1.54, 1.807) is 41.9 Å². The topological polar surface area (TPSA) is 111 Å². The molecule has 1 amide bonds. The molecule has 0 saturated heterocycles. The van der Waals surface area contributed by atoms with Gasteiger partial charge in [0.25, 0.3) is 0 Å². The van der Waals surface area contributed by atoms with Crippen molar-refractivity contribution in [2.45, 2.75) is 45.3 Å². The highest BCUT2D eigenvalue weighted by molar-refractivity contribution is 7.90. The first-order valence-electron chi connectivity index (χ1n) is 10.5. The van der Waals surface area contributed by atoms with Crippen molar-refractivity contribution in [2.24, 2.45) is 0 Å². The van der Waals surface area contributed by atoms with E-state index in [-0.39, 0.29) is 18.8 Å². The fourth-order valence-corrected chi connectivity index (χ4v) is 3.77. The number of ether oxygens (including phenoxy) is 1. The number of alkyl halides is 3. The van der Waals surface area contributed by atoms with Crippen LogP contribution in [-0.2, 0) is 34.4 Å². The van der Waals surface area contributed by atoms with Gasteiger partial charge in [0.1, 0.15) is 18.1 Å². The monoisotopic (exact) mass is 511 g/mol. The molecule has 0 fully saturated rings. The van der Waals surface area contributed by atoms with Crippen molar-refractivity contribution >= 4 is 15.9 Å². The number of aryl methyl sites for hydroxylation is 3. The zero-order valence-electron chi connectivity index (χ0n) is 19.0. The number of phenols is 1. The van der Waals surface area contributed by atoms with E-state index < -0.39 is 27.9 Å². The molecule has 0 aliphatic carbocycles. The molecular weight excluding hydrogens is 487 g/mol. The first kappa shape index (κ1) is 26.1. The van der Waals surface area contributed by atoms with Crippen LogP contribution in [0.5, 0.6) is 11.5 Å². The van der Waals surface area contributed by atoms with Crippen molar-refractivity contribution in [1.29, 1.82) is 0 Å². The van der Waals surface area contributed by atoms with Crippen LogP contribution in [0.1, 0.15) is 34.5 Å². The Labute approximate surface area is 200 Å². The predicted molar refractivity (Wildman–Crippen MR) is 121 cm³/mol. The van der Waals surface area contributed by atoms with Gasteiger partial charge >= 0.3 is 15.5 Å². The lowest BCUT2D eigenvalue weighted by Gasteiger charge is -2.14. The minimum Gasteiger partial charge on any atom is -0.508 e. The van der Waals surface area contributed by atoms with Gasteiger partial charge in [0.05, 0.1) is 12.2 Å². The van der Waals surface area contributed by atoms with Crippen LogP contribution in [-0.4, -0.2) is 34.7 Å². The number of nitrogens with zero attached hydrogens (tertiary/aromatic N) is 2. The molecule has 0 unspecified atom stereocenters. The summed E-state index contributed by atoms with van der Waals surface area (Å²) < 4.78 is 68.0. The zero-order chi connectivity index (χ0) is 25.8. The molecule has 0 spiro atoms. The molecule has 0 bridgehead atoms. The van der Waals surface area contributed by atoms with Gasteiger partial charge in [-0.1, -0.05) is 29.8 Å². The second kappa shape index (κ2) is 10.4. The van der Waals surface area contributed by atoms with E-state index in [0.717, 1.165) is 27.1 Å². The molecular formula is C23H24F3N3O5S. The van der Waals surface area contributed by atoms with Crippen LogP contribution < -0.4 is 9.46 Å². The molecule has 0 aliphatic rings. The third kappa shape index (κ3) is 6.98. The molecule has 0 atom stereocenters. The van der Waals surface area contributed by atoms with Gasteiger partial charge in [-0.2, -0.15) is 26.7 Å². The number of carbonyl (C=O) groups excluding carboxylic acids is 1. The molecule has 3 rings (SSSR count). The zero-order valence-corrected chi connectivity index (χ0v) is 19.8. The summed E-state index contributed by atoms with van der Waals surface area (Å²) >= 11 is 0. The molecule has 12 heteroatoms. The van der Waals surface area contributed by atoms with Gasteiger partial charge in [-0.3, -0.25) is 9.48 Å². The van der Waals surface area contributed by atoms with Crippen molar-refractivity contribution < 1.29 is 36.2 Å². The van der Waals surface area contributed by atoms with E-state index in [2.05, 4.69) is 5.10 Å². The number of carbonyl (C=O) groups is 1. The number of amides is 1. The van der Waals surface area contributed by atoms with Gasteiger partial charge in [0.2, 0.25) is 5.91 Å². The van der Waals surface area contributed by atoms with Crippen LogP contribution in [0.25, 0.3) is 0 Å². The van der Waals surface area contributed by atoms with E-state index in [4.69, 9.17) is 4.74 Å².